The Labute approximate surface area is 177 Å². The Hall–Kier alpha value is -3.20. The lowest BCUT2D eigenvalue weighted by atomic mass is 10.2. The van der Waals surface area contributed by atoms with Gasteiger partial charge in [0.05, 0.1) is 20.3 Å². The number of unbranched alkanes of at least 4 members (excludes halogenated alkanes) is 1. The van der Waals surface area contributed by atoms with Crippen LogP contribution >= 0.6 is 0 Å². The molecule has 0 aromatic rings. The molecule has 9 heteroatoms. The summed E-state index contributed by atoms with van der Waals surface area (Å²) in [4.78, 5) is 41.6. The molecule has 9 nitrogen and oxygen atoms in total. The highest BCUT2D eigenvalue weighted by molar-refractivity contribution is 5.88. The summed E-state index contributed by atoms with van der Waals surface area (Å²) in [5, 5.41) is 16.6. The third-order valence-corrected chi connectivity index (χ3v) is 2.68. The highest BCUT2D eigenvalue weighted by Crippen LogP contribution is 2.01. The normalized spacial score (nSPS) is 9.07. The number of aliphatic hydroxyl groups is 1. The quantitative estimate of drug-likeness (QED) is 0.220. The number of carbonyl (C=O) groups excluding carboxylic acids is 3. The maximum atomic E-state index is 11.0. The van der Waals surface area contributed by atoms with Crippen LogP contribution in [0.5, 0.6) is 0 Å². The van der Waals surface area contributed by atoms with Gasteiger partial charge < -0.3 is 24.4 Å². The summed E-state index contributed by atoms with van der Waals surface area (Å²) < 4.78 is 13.5. The molecule has 0 atom stereocenters. The number of allylic oxidation sites excluding steroid dienone is 1. The minimum absolute atomic E-state index is 0.0828. The van der Waals surface area contributed by atoms with Crippen molar-refractivity contribution in [3.63, 3.8) is 0 Å². The van der Waals surface area contributed by atoms with Gasteiger partial charge in [-0.05, 0) is 19.8 Å². The molecule has 0 aliphatic carbocycles. The molecule has 0 amide bonds. The maximum Gasteiger partial charge on any atom is 0.333 e. The Kier molecular flexibility index (Phi) is 23.2. The van der Waals surface area contributed by atoms with Gasteiger partial charge in [0.1, 0.15) is 6.61 Å². The second kappa shape index (κ2) is 22.1. The van der Waals surface area contributed by atoms with Gasteiger partial charge in [-0.3, -0.25) is 0 Å². The smallest absolute Gasteiger partial charge is 0.333 e. The van der Waals surface area contributed by atoms with E-state index in [4.69, 9.17) is 10.2 Å². The summed E-state index contributed by atoms with van der Waals surface area (Å²) in [6.07, 6.45) is 5.49. The second-order valence-corrected chi connectivity index (χ2v) is 5.40. The minimum Gasteiger partial charge on any atom is -0.478 e. The van der Waals surface area contributed by atoms with Gasteiger partial charge in [-0.1, -0.05) is 39.2 Å². The van der Waals surface area contributed by atoms with Gasteiger partial charge in [0.15, 0.2) is 0 Å². The fraction of sp³-hybridized carbons (Fsp3) is 0.429. The van der Waals surface area contributed by atoms with Crippen LogP contribution in [-0.2, 0) is 33.4 Å². The molecule has 0 fully saturated rings. The average molecular weight is 428 g/mol. The van der Waals surface area contributed by atoms with E-state index in [1.165, 1.54) is 19.3 Å². The van der Waals surface area contributed by atoms with E-state index in [0.717, 1.165) is 18.9 Å². The minimum atomic E-state index is -1.08. The highest BCUT2D eigenvalue weighted by Gasteiger charge is 2.05. The van der Waals surface area contributed by atoms with Gasteiger partial charge in [0.2, 0.25) is 0 Å². The van der Waals surface area contributed by atoms with E-state index in [2.05, 4.69) is 33.9 Å². The van der Waals surface area contributed by atoms with E-state index in [1.54, 1.807) is 6.92 Å². The fourth-order valence-corrected chi connectivity index (χ4v) is 1.18. The zero-order chi connectivity index (χ0) is 23.9. The number of hydrogen-bond donors (Lipinski definition) is 2. The van der Waals surface area contributed by atoms with Crippen LogP contribution in [0, 0.1) is 0 Å². The Morgan fingerprint density at radius 3 is 2.00 bits per heavy atom. The van der Waals surface area contributed by atoms with Crippen LogP contribution < -0.4 is 0 Å². The second-order valence-electron chi connectivity index (χ2n) is 5.40. The van der Waals surface area contributed by atoms with E-state index < -0.39 is 11.9 Å². The van der Waals surface area contributed by atoms with Gasteiger partial charge in [0, 0.05) is 23.3 Å². The Morgan fingerprint density at radius 1 is 1.03 bits per heavy atom. The van der Waals surface area contributed by atoms with E-state index in [0.29, 0.717) is 12.2 Å². The third kappa shape index (κ3) is 24.8. The summed E-state index contributed by atoms with van der Waals surface area (Å²) in [5.74, 6) is -2.39. The standard InChI is InChI=1S/C9H12O5.C7H12O2.C5H8O2/c1-7(3-2-4-8(11)12)9(13)14-6-5-10;1-3-5-6-9-7(8)4-2;1-4(2)5(6)7-3/h2,4,10H,1,3,5-6H2,(H,11,12);4H,2-3,5-6H2,1H3;1H2,2-3H3. The molecular weight excluding hydrogens is 396 g/mol. The van der Waals surface area contributed by atoms with Crippen molar-refractivity contribution in [2.24, 2.45) is 0 Å². The van der Waals surface area contributed by atoms with Crippen molar-refractivity contribution in [1.82, 2.24) is 0 Å². The average Bonchev–Trinajstić information content (AvgIpc) is 2.71. The van der Waals surface area contributed by atoms with Crippen molar-refractivity contribution in [1.29, 1.82) is 0 Å². The van der Waals surface area contributed by atoms with Crippen molar-refractivity contribution in [2.75, 3.05) is 26.9 Å². The van der Waals surface area contributed by atoms with Crippen molar-refractivity contribution >= 4 is 23.9 Å². The largest absolute Gasteiger partial charge is 0.478 e. The fourth-order valence-electron chi connectivity index (χ4n) is 1.18. The topological polar surface area (TPSA) is 136 Å². The molecule has 0 bridgehead atoms. The predicted octanol–water partition coefficient (Wildman–Crippen LogP) is 2.36. The molecule has 0 saturated carbocycles. The predicted molar refractivity (Wildman–Crippen MR) is 111 cm³/mol. The number of esters is 3. The van der Waals surface area contributed by atoms with Crippen molar-refractivity contribution < 1.29 is 43.6 Å². The van der Waals surface area contributed by atoms with Gasteiger partial charge >= 0.3 is 23.9 Å². The van der Waals surface area contributed by atoms with E-state index in [1.807, 2.05) is 6.92 Å². The van der Waals surface area contributed by atoms with Crippen LogP contribution in [0.4, 0.5) is 0 Å². The van der Waals surface area contributed by atoms with Gasteiger partial charge in [0.25, 0.3) is 0 Å². The zero-order valence-electron chi connectivity index (χ0n) is 17.8. The maximum absolute atomic E-state index is 11.0. The lowest BCUT2D eigenvalue weighted by Gasteiger charge is -2.02. The first kappa shape index (κ1) is 31.5. The molecule has 2 N–H and O–H groups in total. The summed E-state index contributed by atoms with van der Waals surface area (Å²) >= 11 is 0. The molecular formula is C21H32O9. The Balaban J connectivity index is -0.000000393. The van der Waals surface area contributed by atoms with Crippen LogP contribution in [-0.4, -0.2) is 61.0 Å². The molecule has 0 heterocycles. The molecule has 0 aliphatic rings. The number of rotatable bonds is 11. The molecule has 0 radical (unpaired) electrons. The van der Waals surface area contributed by atoms with Crippen LogP contribution in [0.2, 0.25) is 0 Å². The summed E-state index contributed by atoms with van der Waals surface area (Å²) in [6, 6.07) is 0. The zero-order valence-corrected chi connectivity index (χ0v) is 17.8. The molecule has 0 aromatic carbocycles. The van der Waals surface area contributed by atoms with Gasteiger partial charge in [-0.15, -0.1) is 0 Å². The number of carboxylic acids is 1. The first-order chi connectivity index (χ1) is 14.1. The SMILES string of the molecule is C=C(C)C(=O)OC.C=C(CC=CC(=O)O)C(=O)OCCO.C=CC(=O)OCCCC. The molecule has 30 heavy (non-hydrogen) atoms. The molecule has 170 valence electrons. The third-order valence-electron chi connectivity index (χ3n) is 2.68. The van der Waals surface area contributed by atoms with Crippen molar-refractivity contribution in [3.05, 3.63) is 49.1 Å². The first-order valence-corrected chi connectivity index (χ1v) is 8.95. The molecule has 0 spiro atoms. The summed E-state index contributed by atoms with van der Waals surface area (Å²) in [6.45, 7) is 13.9. The monoisotopic (exact) mass is 428 g/mol. The van der Waals surface area contributed by atoms with E-state index in [-0.39, 0.29) is 37.1 Å². The van der Waals surface area contributed by atoms with E-state index in [9.17, 15) is 19.2 Å². The Bertz CT molecular complexity index is 604. The van der Waals surface area contributed by atoms with Crippen molar-refractivity contribution in [2.45, 2.75) is 33.1 Å². The summed E-state index contributed by atoms with van der Waals surface area (Å²) in [5.41, 5.74) is 0.582. The van der Waals surface area contributed by atoms with Gasteiger partial charge in [-0.2, -0.15) is 0 Å². The first-order valence-electron chi connectivity index (χ1n) is 8.95. The highest BCUT2D eigenvalue weighted by atomic mass is 16.5. The van der Waals surface area contributed by atoms with Crippen LogP contribution in [0.1, 0.15) is 33.1 Å². The number of carbonyl (C=O) groups is 4. The Morgan fingerprint density at radius 2 is 1.63 bits per heavy atom. The lowest BCUT2D eigenvalue weighted by molar-refractivity contribution is -0.140. The number of hydrogen-bond acceptors (Lipinski definition) is 8. The number of methoxy groups -OCH3 is 1. The van der Waals surface area contributed by atoms with Crippen LogP contribution in [0.15, 0.2) is 49.1 Å². The summed E-state index contributed by atoms with van der Waals surface area (Å²) in [7, 11) is 1.33. The molecule has 0 rings (SSSR count). The van der Waals surface area contributed by atoms with Gasteiger partial charge in [-0.25, -0.2) is 19.2 Å². The van der Waals surface area contributed by atoms with E-state index >= 15 is 0 Å². The molecule has 0 aromatic heterocycles. The van der Waals surface area contributed by atoms with Crippen molar-refractivity contribution in [3.8, 4) is 0 Å². The number of aliphatic hydroxyl groups excluding tert-OH is 1. The number of ether oxygens (including phenoxy) is 3. The number of carboxylic acid groups (broad SMARTS) is 1. The van der Waals surface area contributed by atoms with Crippen LogP contribution in [0.3, 0.4) is 0 Å². The lowest BCUT2D eigenvalue weighted by Crippen LogP contribution is -2.09. The molecule has 0 aliphatic heterocycles. The number of aliphatic carboxylic acids is 1. The molecule has 0 unspecified atom stereocenters. The van der Waals surface area contributed by atoms with Crippen LogP contribution in [0.25, 0.3) is 0 Å². The molecule has 0 saturated heterocycles.